The normalized spacial score (nSPS) is 13.7. The highest BCUT2D eigenvalue weighted by atomic mass is 127. The third-order valence-electron chi connectivity index (χ3n) is 4.41. The fourth-order valence-electron chi connectivity index (χ4n) is 2.96. The number of hydrogen-bond donors (Lipinski definition) is 3. The molecule has 162 valence electrons. The number of likely N-dealkylation sites (tertiary alicyclic amines) is 1. The summed E-state index contributed by atoms with van der Waals surface area (Å²) in [4.78, 5) is 30.2. The highest BCUT2D eigenvalue weighted by molar-refractivity contribution is 14.0. The molecule has 0 unspecified atom stereocenters. The Labute approximate surface area is 189 Å². The van der Waals surface area contributed by atoms with Gasteiger partial charge in [-0.3, -0.25) is 14.6 Å². The first kappa shape index (κ1) is 25.0. The molecule has 1 heterocycles. The number of methoxy groups -OCH3 is 1. The molecule has 0 saturated carbocycles. The first-order valence-electron chi connectivity index (χ1n) is 9.86. The van der Waals surface area contributed by atoms with E-state index in [1.165, 1.54) is 0 Å². The number of guanidine groups is 1. The van der Waals surface area contributed by atoms with Crippen LogP contribution in [0.3, 0.4) is 0 Å². The van der Waals surface area contributed by atoms with Gasteiger partial charge in [0.25, 0.3) is 5.91 Å². The van der Waals surface area contributed by atoms with E-state index in [0.717, 1.165) is 32.5 Å². The number of nitrogens with zero attached hydrogens (tertiary/aromatic N) is 2. The Morgan fingerprint density at radius 3 is 2.72 bits per heavy atom. The fourth-order valence-corrected chi connectivity index (χ4v) is 2.96. The number of halogens is 1. The van der Waals surface area contributed by atoms with Gasteiger partial charge in [-0.2, -0.15) is 0 Å². The van der Waals surface area contributed by atoms with Crippen LogP contribution in [0.4, 0.5) is 0 Å². The van der Waals surface area contributed by atoms with E-state index < -0.39 is 0 Å². The van der Waals surface area contributed by atoms with Crippen molar-refractivity contribution in [3.8, 4) is 5.75 Å². The third kappa shape index (κ3) is 8.88. The van der Waals surface area contributed by atoms with Gasteiger partial charge in [-0.25, -0.2) is 0 Å². The minimum atomic E-state index is -0.141. The molecule has 1 aliphatic heterocycles. The second-order valence-electron chi connectivity index (χ2n) is 6.51. The van der Waals surface area contributed by atoms with Gasteiger partial charge in [0.2, 0.25) is 5.91 Å². The summed E-state index contributed by atoms with van der Waals surface area (Å²) in [6.07, 6.45) is 2.48. The lowest BCUT2D eigenvalue weighted by Gasteiger charge is -2.15. The van der Waals surface area contributed by atoms with Crippen molar-refractivity contribution in [1.82, 2.24) is 20.9 Å². The first-order valence-corrected chi connectivity index (χ1v) is 9.86. The van der Waals surface area contributed by atoms with Gasteiger partial charge in [0.15, 0.2) is 5.96 Å². The smallest absolute Gasteiger partial charge is 0.251 e. The number of benzene rings is 1. The average molecular weight is 517 g/mol. The van der Waals surface area contributed by atoms with Crippen LogP contribution in [0.25, 0.3) is 0 Å². The van der Waals surface area contributed by atoms with E-state index >= 15 is 0 Å². The van der Waals surface area contributed by atoms with Crippen molar-refractivity contribution in [2.45, 2.75) is 26.2 Å². The summed E-state index contributed by atoms with van der Waals surface area (Å²) in [5, 5.41) is 9.26. The van der Waals surface area contributed by atoms with Crippen LogP contribution in [-0.2, 0) is 4.79 Å². The molecule has 0 aliphatic carbocycles. The van der Waals surface area contributed by atoms with Crippen molar-refractivity contribution >= 4 is 41.8 Å². The molecule has 3 N–H and O–H groups in total. The predicted molar refractivity (Wildman–Crippen MR) is 125 cm³/mol. The molecule has 0 atom stereocenters. The standard InChI is InChI=1S/C20H31N5O3.HI/c1-3-21-20(23-10-6-14-25-13-5-9-18(25)26)24-12-11-22-19(27)16-7-4-8-17(15-16)28-2;/h4,7-8,15H,3,5-6,9-14H2,1-2H3,(H,22,27)(H2,21,23,24);1H. The molecule has 1 aromatic rings. The molecule has 0 bridgehead atoms. The molecule has 1 aliphatic rings. The lowest BCUT2D eigenvalue weighted by molar-refractivity contribution is -0.127. The minimum Gasteiger partial charge on any atom is -0.497 e. The highest BCUT2D eigenvalue weighted by Gasteiger charge is 2.18. The van der Waals surface area contributed by atoms with E-state index in [1.54, 1.807) is 31.4 Å². The van der Waals surface area contributed by atoms with Crippen molar-refractivity contribution in [2.24, 2.45) is 4.99 Å². The zero-order chi connectivity index (χ0) is 20.2. The average Bonchev–Trinajstić information content (AvgIpc) is 3.12. The van der Waals surface area contributed by atoms with Gasteiger partial charge in [-0.15, -0.1) is 24.0 Å². The van der Waals surface area contributed by atoms with Crippen LogP contribution in [0, 0.1) is 0 Å². The number of carbonyl (C=O) groups is 2. The topological polar surface area (TPSA) is 95.1 Å². The molecule has 2 rings (SSSR count). The van der Waals surface area contributed by atoms with E-state index in [2.05, 4.69) is 20.9 Å². The van der Waals surface area contributed by atoms with Gasteiger partial charge >= 0.3 is 0 Å². The number of nitrogens with one attached hydrogen (secondary N) is 3. The van der Waals surface area contributed by atoms with Crippen LogP contribution in [-0.4, -0.2) is 69.1 Å². The maximum atomic E-state index is 12.2. The Morgan fingerprint density at radius 1 is 1.24 bits per heavy atom. The molecule has 8 nitrogen and oxygen atoms in total. The second kappa shape index (κ2) is 14.0. The third-order valence-corrected chi connectivity index (χ3v) is 4.41. The number of rotatable bonds is 10. The Morgan fingerprint density at radius 2 is 2.03 bits per heavy atom. The Bertz CT molecular complexity index is 684. The molecule has 9 heteroatoms. The van der Waals surface area contributed by atoms with Gasteiger partial charge in [0.1, 0.15) is 5.75 Å². The maximum absolute atomic E-state index is 12.2. The Kier molecular flexibility index (Phi) is 12.1. The second-order valence-corrected chi connectivity index (χ2v) is 6.51. The van der Waals surface area contributed by atoms with Crippen LogP contribution in [0.2, 0.25) is 0 Å². The van der Waals surface area contributed by atoms with Crippen LogP contribution in [0.15, 0.2) is 29.3 Å². The Balaban J connectivity index is 0.00000420. The number of hydrogen-bond acceptors (Lipinski definition) is 4. The lowest BCUT2D eigenvalue weighted by Crippen LogP contribution is -2.41. The van der Waals surface area contributed by atoms with E-state index in [1.807, 2.05) is 11.8 Å². The molecule has 2 amide bonds. The molecule has 0 aromatic heterocycles. The fraction of sp³-hybridized carbons (Fsp3) is 0.550. The SMILES string of the molecule is CCNC(=NCCCN1CCCC1=O)NCCNC(=O)c1cccc(OC)c1.I. The monoisotopic (exact) mass is 517 g/mol. The van der Waals surface area contributed by atoms with Gasteiger partial charge in [0, 0.05) is 51.3 Å². The zero-order valence-electron chi connectivity index (χ0n) is 17.2. The maximum Gasteiger partial charge on any atom is 0.251 e. The summed E-state index contributed by atoms with van der Waals surface area (Å²) in [5.74, 6) is 1.48. The number of ether oxygens (including phenoxy) is 1. The van der Waals surface area contributed by atoms with Gasteiger partial charge < -0.3 is 25.6 Å². The minimum absolute atomic E-state index is 0. The molecular formula is C20H32IN5O3. The molecular weight excluding hydrogens is 485 g/mol. The van der Waals surface area contributed by atoms with Crippen LogP contribution in [0.5, 0.6) is 5.75 Å². The van der Waals surface area contributed by atoms with E-state index in [4.69, 9.17) is 4.74 Å². The van der Waals surface area contributed by atoms with Crippen LogP contribution < -0.4 is 20.7 Å². The van der Waals surface area contributed by atoms with Gasteiger partial charge in [-0.1, -0.05) is 6.07 Å². The van der Waals surface area contributed by atoms with E-state index in [9.17, 15) is 9.59 Å². The summed E-state index contributed by atoms with van der Waals surface area (Å²) in [6, 6.07) is 7.05. The quantitative estimate of drug-likeness (QED) is 0.190. The first-order chi connectivity index (χ1) is 13.6. The predicted octanol–water partition coefficient (Wildman–Crippen LogP) is 1.61. The van der Waals surface area contributed by atoms with Crippen molar-refractivity contribution < 1.29 is 14.3 Å². The zero-order valence-corrected chi connectivity index (χ0v) is 19.5. The lowest BCUT2D eigenvalue weighted by atomic mass is 10.2. The number of amides is 2. The number of carbonyl (C=O) groups excluding carboxylic acids is 2. The van der Waals surface area contributed by atoms with E-state index in [0.29, 0.717) is 43.3 Å². The summed E-state index contributed by atoms with van der Waals surface area (Å²) < 4.78 is 5.14. The van der Waals surface area contributed by atoms with Crippen molar-refractivity contribution in [1.29, 1.82) is 0 Å². The highest BCUT2D eigenvalue weighted by Crippen LogP contribution is 2.12. The summed E-state index contributed by atoms with van der Waals surface area (Å²) in [6.45, 7) is 6.08. The van der Waals surface area contributed by atoms with Gasteiger partial charge in [0.05, 0.1) is 7.11 Å². The van der Waals surface area contributed by atoms with E-state index in [-0.39, 0.29) is 35.8 Å². The Hall–Kier alpha value is -2.04. The molecule has 29 heavy (non-hydrogen) atoms. The number of aliphatic imine (C=N–C) groups is 1. The van der Waals surface area contributed by atoms with Crippen LogP contribution in [0.1, 0.15) is 36.5 Å². The summed E-state index contributed by atoms with van der Waals surface area (Å²) >= 11 is 0. The molecule has 0 spiro atoms. The summed E-state index contributed by atoms with van der Waals surface area (Å²) in [7, 11) is 1.57. The molecule has 1 saturated heterocycles. The van der Waals surface area contributed by atoms with Gasteiger partial charge in [-0.05, 0) is 38.0 Å². The largest absolute Gasteiger partial charge is 0.497 e. The molecule has 0 radical (unpaired) electrons. The van der Waals surface area contributed by atoms with Crippen molar-refractivity contribution in [3.05, 3.63) is 29.8 Å². The molecule has 1 aromatic carbocycles. The van der Waals surface area contributed by atoms with Crippen molar-refractivity contribution in [3.63, 3.8) is 0 Å². The van der Waals surface area contributed by atoms with Crippen LogP contribution >= 0.6 is 24.0 Å². The molecule has 1 fully saturated rings. The summed E-state index contributed by atoms with van der Waals surface area (Å²) in [5.41, 5.74) is 0.566. The van der Waals surface area contributed by atoms with Crippen molar-refractivity contribution in [2.75, 3.05) is 46.4 Å².